The summed E-state index contributed by atoms with van der Waals surface area (Å²) in [6.45, 7) is -0.192. The van der Waals surface area contributed by atoms with E-state index < -0.39 is 17.7 Å². The van der Waals surface area contributed by atoms with Gasteiger partial charge in [-0.2, -0.15) is 0 Å². The summed E-state index contributed by atoms with van der Waals surface area (Å²) < 4.78 is 29.9. The van der Waals surface area contributed by atoms with Crippen LogP contribution in [0.3, 0.4) is 0 Å². The van der Waals surface area contributed by atoms with Gasteiger partial charge in [-0.15, -0.1) is 0 Å². The number of hydrogen-bond acceptors (Lipinski definition) is 7. The Morgan fingerprint density at radius 2 is 1.87 bits per heavy atom. The maximum Gasteiger partial charge on any atom is 0.337 e. The summed E-state index contributed by atoms with van der Waals surface area (Å²) in [6.07, 6.45) is 0. The molecular weight excluding hydrogens is 395 g/mol. The van der Waals surface area contributed by atoms with E-state index >= 15 is 0 Å². The number of rotatable bonds is 8. The van der Waals surface area contributed by atoms with Gasteiger partial charge in [-0.1, -0.05) is 0 Å². The van der Waals surface area contributed by atoms with Crippen LogP contribution in [0.4, 0.5) is 10.1 Å². The zero-order chi connectivity index (χ0) is 21.7. The van der Waals surface area contributed by atoms with Crippen LogP contribution in [0, 0.1) is 5.82 Å². The minimum atomic E-state index is -0.675. The Labute approximate surface area is 172 Å². The number of methoxy groups -OCH3 is 2. The van der Waals surface area contributed by atoms with Crippen molar-refractivity contribution in [3.05, 3.63) is 59.6 Å². The lowest BCUT2D eigenvalue weighted by Crippen LogP contribution is -2.31. The average molecular weight is 416 g/mol. The van der Waals surface area contributed by atoms with Crippen molar-refractivity contribution < 1.29 is 33.3 Å². The van der Waals surface area contributed by atoms with Crippen molar-refractivity contribution in [1.29, 1.82) is 0 Å². The molecule has 0 bridgehead atoms. The Kier molecular flexibility index (Phi) is 6.53. The zero-order valence-corrected chi connectivity index (χ0v) is 16.5. The van der Waals surface area contributed by atoms with E-state index in [1.165, 1.54) is 24.1 Å². The number of hydrogen-bond donors (Lipinski definition) is 2. The third-order valence-electron chi connectivity index (χ3n) is 4.44. The Balaban J connectivity index is 1.79. The minimum absolute atomic E-state index is 0.00442. The summed E-state index contributed by atoms with van der Waals surface area (Å²) >= 11 is 0. The molecule has 0 aromatic heterocycles. The van der Waals surface area contributed by atoms with E-state index in [4.69, 9.17) is 19.3 Å². The molecular formula is C21H21FN2O6. The summed E-state index contributed by atoms with van der Waals surface area (Å²) in [6, 6.07) is 10.7. The fraction of sp³-hybridized carbons (Fsp3) is 0.238. The van der Waals surface area contributed by atoms with Gasteiger partial charge >= 0.3 is 5.97 Å². The highest BCUT2D eigenvalue weighted by molar-refractivity contribution is 6.08. The van der Waals surface area contributed by atoms with Crippen LogP contribution in [-0.4, -0.2) is 55.8 Å². The number of carbonyl (C=O) groups is 2. The quantitative estimate of drug-likeness (QED) is 0.638. The third kappa shape index (κ3) is 4.52. The van der Waals surface area contributed by atoms with Crippen molar-refractivity contribution in [3.8, 4) is 17.2 Å². The first-order valence-corrected chi connectivity index (χ1v) is 9.07. The van der Waals surface area contributed by atoms with E-state index in [9.17, 15) is 14.0 Å². The van der Waals surface area contributed by atoms with Crippen molar-refractivity contribution in [3.63, 3.8) is 0 Å². The number of carbonyl (C=O) groups excluding carboxylic acids is 2. The Bertz CT molecular complexity index is 974. The highest BCUT2D eigenvalue weighted by atomic mass is 19.1. The van der Waals surface area contributed by atoms with E-state index in [1.54, 1.807) is 31.4 Å². The van der Waals surface area contributed by atoms with Crippen molar-refractivity contribution in [2.24, 2.45) is 0 Å². The molecule has 2 aromatic rings. The van der Waals surface area contributed by atoms with E-state index in [2.05, 4.69) is 5.32 Å². The normalized spacial score (nSPS) is 13.5. The predicted octanol–water partition coefficient (Wildman–Crippen LogP) is 2.30. The molecule has 1 heterocycles. The number of anilines is 1. The molecule has 1 amide bonds. The van der Waals surface area contributed by atoms with Crippen LogP contribution >= 0.6 is 0 Å². The number of nitrogens with one attached hydrogen (secondary N) is 1. The van der Waals surface area contributed by atoms with Gasteiger partial charge in [0.1, 0.15) is 17.2 Å². The van der Waals surface area contributed by atoms with Gasteiger partial charge in [-0.3, -0.25) is 4.79 Å². The van der Waals surface area contributed by atoms with E-state index in [-0.39, 0.29) is 42.4 Å². The molecule has 0 saturated carbocycles. The number of esters is 1. The van der Waals surface area contributed by atoms with Gasteiger partial charge in [-0.05, 0) is 36.4 Å². The lowest BCUT2D eigenvalue weighted by atomic mass is 10.2. The van der Waals surface area contributed by atoms with Crippen molar-refractivity contribution in [2.75, 3.05) is 39.2 Å². The molecule has 0 unspecified atom stereocenters. The van der Waals surface area contributed by atoms with Gasteiger partial charge in [-0.25, -0.2) is 9.18 Å². The number of aliphatic hydroxyl groups is 1. The molecule has 0 saturated heterocycles. The third-order valence-corrected chi connectivity index (χ3v) is 4.44. The van der Waals surface area contributed by atoms with Gasteiger partial charge in [0.15, 0.2) is 11.6 Å². The second-order valence-electron chi connectivity index (χ2n) is 6.34. The van der Waals surface area contributed by atoms with Crippen molar-refractivity contribution >= 4 is 17.6 Å². The molecule has 0 fully saturated rings. The zero-order valence-electron chi connectivity index (χ0n) is 16.5. The van der Waals surface area contributed by atoms with Gasteiger partial charge in [0.25, 0.3) is 5.91 Å². The van der Waals surface area contributed by atoms with Crippen molar-refractivity contribution in [1.82, 2.24) is 4.90 Å². The Hall–Kier alpha value is -3.59. The van der Waals surface area contributed by atoms with Gasteiger partial charge in [0.05, 0.1) is 32.9 Å². The number of halogens is 1. The first kappa shape index (κ1) is 21.1. The molecule has 1 aliphatic rings. The number of aliphatic hydroxyl groups excluding tert-OH is 1. The largest absolute Gasteiger partial charge is 0.497 e. The van der Waals surface area contributed by atoms with Crippen LogP contribution in [0.2, 0.25) is 0 Å². The molecule has 2 N–H and O–H groups in total. The maximum absolute atomic E-state index is 14.5. The smallest absolute Gasteiger partial charge is 0.337 e. The predicted molar refractivity (Wildman–Crippen MR) is 106 cm³/mol. The van der Waals surface area contributed by atoms with Gasteiger partial charge in [0, 0.05) is 18.3 Å². The van der Waals surface area contributed by atoms with Crippen LogP contribution in [0.5, 0.6) is 17.2 Å². The molecule has 0 radical (unpaired) electrons. The summed E-state index contributed by atoms with van der Waals surface area (Å²) in [7, 11) is 2.75. The van der Waals surface area contributed by atoms with Crippen LogP contribution < -0.4 is 14.8 Å². The first-order chi connectivity index (χ1) is 14.5. The summed E-state index contributed by atoms with van der Waals surface area (Å²) in [4.78, 5) is 25.8. The van der Waals surface area contributed by atoms with E-state index in [0.717, 1.165) is 6.07 Å². The molecule has 0 spiro atoms. The average Bonchev–Trinajstić information content (AvgIpc) is 3.06. The molecule has 2 aromatic carbocycles. The minimum Gasteiger partial charge on any atom is -0.497 e. The molecule has 158 valence electrons. The van der Waals surface area contributed by atoms with Crippen LogP contribution in [0.1, 0.15) is 0 Å². The second kappa shape index (κ2) is 9.27. The van der Waals surface area contributed by atoms with Gasteiger partial charge < -0.3 is 29.5 Å². The highest BCUT2D eigenvalue weighted by Gasteiger charge is 2.34. The summed E-state index contributed by atoms with van der Waals surface area (Å²) in [5, 5.41) is 11.9. The summed E-state index contributed by atoms with van der Waals surface area (Å²) in [5.74, 6) is -0.749. The molecule has 3 rings (SSSR count). The molecule has 1 aliphatic heterocycles. The van der Waals surface area contributed by atoms with Crippen LogP contribution in [-0.2, 0) is 14.3 Å². The number of β-amino-alcohol motifs (C(OH)–C–C–N with tert-alkyl or cyclic N) is 1. The van der Waals surface area contributed by atoms with Gasteiger partial charge in [0.2, 0.25) is 0 Å². The molecule has 30 heavy (non-hydrogen) atoms. The molecule has 9 heteroatoms. The van der Waals surface area contributed by atoms with Crippen molar-refractivity contribution in [2.45, 2.75) is 0 Å². The standard InChI is InChI=1S/C21H21FN2O6/c1-28-14-4-6-15(7-5-14)30-18-8-3-13(11-17(18)22)23-19-16(21(27)29-2)12-24(9-10-25)20(19)26/h3-8,11,23,25H,9-10,12H2,1-2H3. The molecule has 0 atom stereocenters. The van der Waals surface area contributed by atoms with Crippen LogP contribution in [0.25, 0.3) is 0 Å². The molecule has 8 nitrogen and oxygen atoms in total. The Morgan fingerprint density at radius 1 is 1.17 bits per heavy atom. The number of benzene rings is 2. The summed E-state index contributed by atoms with van der Waals surface area (Å²) in [5.41, 5.74) is 0.346. The topological polar surface area (TPSA) is 97.3 Å². The maximum atomic E-state index is 14.5. The van der Waals surface area contributed by atoms with Crippen LogP contribution in [0.15, 0.2) is 53.7 Å². The first-order valence-electron chi connectivity index (χ1n) is 9.07. The highest BCUT2D eigenvalue weighted by Crippen LogP contribution is 2.29. The number of amides is 1. The fourth-order valence-electron chi connectivity index (χ4n) is 2.93. The molecule has 0 aliphatic carbocycles. The SMILES string of the molecule is COC(=O)C1=C(Nc2ccc(Oc3ccc(OC)cc3)c(F)c2)C(=O)N(CCO)C1. The van der Waals surface area contributed by atoms with E-state index in [1.807, 2.05) is 0 Å². The number of nitrogens with zero attached hydrogens (tertiary/aromatic N) is 1. The number of ether oxygens (including phenoxy) is 3. The van der Waals surface area contributed by atoms with E-state index in [0.29, 0.717) is 11.5 Å². The second-order valence-corrected chi connectivity index (χ2v) is 6.34. The monoisotopic (exact) mass is 416 g/mol. The fourth-order valence-corrected chi connectivity index (χ4v) is 2.93. The Morgan fingerprint density at radius 3 is 2.47 bits per heavy atom. The lowest BCUT2D eigenvalue weighted by molar-refractivity contribution is -0.136. The lowest BCUT2D eigenvalue weighted by Gasteiger charge is -2.15.